The third kappa shape index (κ3) is 3.85. The monoisotopic (exact) mass is 353 g/mol. The van der Waals surface area contributed by atoms with Crippen LogP contribution in [0.2, 0.25) is 0 Å². The summed E-state index contributed by atoms with van der Waals surface area (Å²) < 4.78 is 32.3. The van der Waals surface area contributed by atoms with Gasteiger partial charge in [-0.25, -0.2) is 13.4 Å². The van der Waals surface area contributed by atoms with E-state index in [1.165, 1.54) is 10.6 Å². The zero-order chi connectivity index (χ0) is 17.2. The van der Waals surface area contributed by atoms with Gasteiger partial charge in [0.1, 0.15) is 5.82 Å². The third-order valence-electron chi connectivity index (χ3n) is 4.00. The summed E-state index contributed by atoms with van der Waals surface area (Å²) in [7, 11) is -3.18. The van der Waals surface area contributed by atoms with E-state index in [0.29, 0.717) is 26.2 Å². The molecule has 1 atom stereocenters. The van der Waals surface area contributed by atoms with Gasteiger partial charge in [0.15, 0.2) is 5.65 Å². The van der Waals surface area contributed by atoms with E-state index in [2.05, 4.69) is 22.3 Å². The molecule has 1 N–H and O–H groups in total. The summed E-state index contributed by atoms with van der Waals surface area (Å²) in [5, 5.41) is 7.61. The number of nitrogens with one attached hydrogen (secondary N) is 1. The summed E-state index contributed by atoms with van der Waals surface area (Å²) in [6, 6.07) is 3.85. The molecule has 9 heteroatoms. The van der Waals surface area contributed by atoms with Crippen LogP contribution in [0.3, 0.4) is 0 Å². The maximum absolute atomic E-state index is 11.7. The quantitative estimate of drug-likeness (QED) is 0.825. The molecule has 3 heterocycles. The second kappa shape index (κ2) is 7.04. The van der Waals surface area contributed by atoms with Crippen LogP contribution in [0.15, 0.2) is 18.3 Å². The lowest BCUT2D eigenvalue weighted by atomic mass is 10.2. The average molecular weight is 353 g/mol. The molecule has 0 aliphatic carbocycles. The van der Waals surface area contributed by atoms with Crippen molar-refractivity contribution in [2.75, 3.05) is 37.8 Å². The Morgan fingerprint density at radius 3 is 3.04 bits per heavy atom. The van der Waals surface area contributed by atoms with Crippen LogP contribution < -0.4 is 5.32 Å². The molecule has 1 saturated heterocycles. The van der Waals surface area contributed by atoms with E-state index in [1.54, 1.807) is 10.7 Å². The van der Waals surface area contributed by atoms with Crippen LogP contribution in [-0.4, -0.2) is 65.9 Å². The van der Waals surface area contributed by atoms with Crippen LogP contribution in [0.5, 0.6) is 0 Å². The van der Waals surface area contributed by atoms with E-state index in [4.69, 9.17) is 4.74 Å². The summed E-state index contributed by atoms with van der Waals surface area (Å²) in [4.78, 5) is 4.57. The van der Waals surface area contributed by atoms with E-state index in [0.717, 1.165) is 30.0 Å². The van der Waals surface area contributed by atoms with Crippen molar-refractivity contribution in [3.63, 3.8) is 0 Å². The Hall–Kier alpha value is -1.71. The molecule has 8 nitrogen and oxygen atoms in total. The molecular formula is C15H23N5O3S. The number of anilines is 1. The van der Waals surface area contributed by atoms with Crippen LogP contribution in [0.25, 0.3) is 5.65 Å². The van der Waals surface area contributed by atoms with Crippen molar-refractivity contribution in [2.24, 2.45) is 0 Å². The predicted molar refractivity (Wildman–Crippen MR) is 91.6 cm³/mol. The first-order chi connectivity index (χ1) is 11.5. The molecule has 1 aliphatic rings. The van der Waals surface area contributed by atoms with Gasteiger partial charge in [-0.3, -0.25) is 0 Å². The molecule has 1 aliphatic heterocycles. The maximum atomic E-state index is 11.7. The van der Waals surface area contributed by atoms with Crippen molar-refractivity contribution in [3.8, 4) is 0 Å². The zero-order valence-electron chi connectivity index (χ0n) is 14.0. The number of ether oxygens (including phenoxy) is 1. The molecule has 132 valence electrons. The standard InChI is InChI=1S/C15H23N5O3S/c1-3-4-12-9-15(20-14(18-12)5-6-17-20)16-10-13-11-19(7-8-23-13)24(2,21)22/h5-6,9,13,16H,3-4,7-8,10-11H2,1-2H3/t13-/m1/s1. The van der Waals surface area contributed by atoms with E-state index >= 15 is 0 Å². The molecule has 0 spiro atoms. The smallest absolute Gasteiger partial charge is 0.211 e. The van der Waals surface area contributed by atoms with Gasteiger partial charge in [0.25, 0.3) is 0 Å². The fraction of sp³-hybridized carbons (Fsp3) is 0.600. The summed E-state index contributed by atoms with van der Waals surface area (Å²) in [6.45, 7) is 3.81. The second-order valence-electron chi connectivity index (χ2n) is 5.98. The van der Waals surface area contributed by atoms with Crippen molar-refractivity contribution < 1.29 is 13.2 Å². The number of nitrogens with zero attached hydrogens (tertiary/aromatic N) is 4. The summed E-state index contributed by atoms with van der Waals surface area (Å²) in [5.41, 5.74) is 1.81. The van der Waals surface area contributed by atoms with E-state index < -0.39 is 10.0 Å². The topological polar surface area (TPSA) is 88.8 Å². The van der Waals surface area contributed by atoms with Gasteiger partial charge in [-0.1, -0.05) is 13.3 Å². The number of aryl methyl sites for hydroxylation is 1. The number of fused-ring (bicyclic) bond motifs is 1. The van der Waals surface area contributed by atoms with Crippen molar-refractivity contribution in [1.82, 2.24) is 18.9 Å². The van der Waals surface area contributed by atoms with Gasteiger partial charge in [0.05, 0.1) is 25.2 Å². The lowest BCUT2D eigenvalue weighted by molar-refractivity contribution is 0.00698. The minimum atomic E-state index is -3.18. The first-order valence-electron chi connectivity index (χ1n) is 8.11. The normalized spacial score (nSPS) is 19.7. The zero-order valence-corrected chi connectivity index (χ0v) is 14.8. The van der Waals surface area contributed by atoms with Crippen LogP contribution in [0.4, 0.5) is 5.82 Å². The fourth-order valence-corrected chi connectivity index (χ4v) is 3.65. The number of sulfonamides is 1. The van der Waals surface area contributed by atoms with Gasteiger partial charge in [-0.15, -0.1) is 0 Å². The highest BCUT2D eigenvalue weighted by molar-refractivity contribution is 7.88. The third-order valence-corrected chi connectivity index (χ3v) is 5.27. The molecule has 1 fully saturated rings. The second-order valence-corrected chi connectivity index (χ2v) is 7.96. The van der Waals surface area contributed by atoms with Crippen LogP contribution in [0, 0.1) is 0 Å². The maximum Gasteiger partial charge on any atom is 0.211 e. The predicted octanol–water partition coefficient (Wildman–Crippen LogP) is 0.754. The SMILES string of the molecule is CCCc1cc(NC[C@@H]2CN(S(C)(=O)=O)CCO2)n2nccc2n1. The molecular weight excluding hydrogens is 330 g/mol. The van der Waals surface area contributed by atoms with Crippen LogP contribution >= 0.6 is 0 Å². The minimum absolute atomic E-state index is 0.193. The fourth-order valence-electron chi connectivity index (χ4n) is 2.81. The minimum Gasteiger partial charge on any atom is -0.374 e. The van der Waals surface area contributed by atoms with Crippen LogP contribution in [-0.2, 0) is 21.2 Å². The highest BCUT2D eigenvalue weighted by Crippen LogP contribution is 2.15. The first-order valence-corrected chi connectivity index (χ1v) is 9.96. The van der Waals surface area contributed by atoms with Gasteiger partial charge < -0.3 is 10.1 Å². The van der Waals surface area contributed by atoms with Gasteiger partial charge in [-0.05, 0) is 6.42 Å². The Morgan fingerprint density at radius 2 is 2.29 bits per heavy atom. The highest BCUT2D eigenvalue weighted by Gasteiger charge is 2.26. The highest BCUT2D eigenvalue weighted by atomic mass is 32.2. The lowest BCUT2D eigenvalue weighted by Gasteiger charge is -2.31. The number of morpholine rings is 1. The van der Waals surface area contributed by atoms with Crippen LogP contribution in [0.1, 0.15) is 19.0 Å². The molecule has 0 aromatic carbocycles. The van der Waals surface area contributed by atoms with Crippen molar-refractivity contribution in [1.29, 1.82) is 0 Å². The molecule has 2 aromatic heterocycles. The van der Waals surface area contributed by atoms with Gasteiger partial charge in [-0.2, -0.15) is 13.9 Å². The number of hydrogen-bond donors (Lipinski definition) is 1. The Bertz CT molecular complexity index is 805. The van der Waals surface area contributed by atoms with E-state index in [9.17, 15) is 8.42 Å². The summed E-state index contributed by atoms with van der Waals surface area (Å²) >= 11 is 0. The average Bonchev–Trinajstić information content (AvgIpc) is 3.01. The molecule has 3 rings (SSSR count). The number of rotatable bonds is 6. The summed E-state index contributed by atoms with van der Waals surface area (Å²) in [5.74, 6) is 0.841. The number of hydrogen-bond acceptors (Lipinski definition) is 6. The van der Waals surface area contributed by atoms with Crippen molar-refractivity contribution in [3.05, 3.63) is 24.0 Å². The molecule has 0 radical (unpaired) electrons. The number of aromatic nitrogens is 3. The Morgan fingerprint density at radius 1 is 1.46 bits per heavy atom. The van der Waals surface area contributed by atoms with Gasteiger partial charge in [0, 0.05) is 37.5 Å². The lowest BCUT2D eigenvalue weighted by Crippen LogP contribution is -2.47. The summed E-state index contributed by atoms with van der Waals surface area (Å²) in [6.07, 6.45) is 4.67. The van der Waals surface area contributed by atoms with Crippen molar-refractivity contribution >= 4 is 21.5 Å². The van der Waals surface area contributed by atoms with E-state index in [-0.39, 0.29) is 6.10 Å². The molecule has 0 bridgehead atoms. The largest absolute Gasteiger partial charge is 0.374 e. The Labute approximate surface area is 141 Å². The molecule has 0 amide bonds. The van der Waals surface area contributed by atoms with Gasteiger partial charge in [0.2, 0.25) is 10.0 Å². The van der Waals surface area contributed by atoms with Gasteiger partial charge >= 0.3 is 0 Å². The first kappa shape index (κ1) is 17.1. The molecule has 0 unspecified atom stereocenters. The van der Waals surface area contributed by atoms with Crippen molar-refractivity contribution in [2.45, 2.75) is 25.9 Å². The molecule has 2 aromatic rings. The molecule has 0 saturated carbocycles. The Kier molecular flexibility index (Phi) is 5.02. The molecule has 24 heavy (non-hydrogen) atoms. The Balaban J connectivity index is 1.72. The van der Waals surface area contributed by atoms with E-state index in [1.807, 2.05) is 12.1 Å².